The van der Waals surface area contributed by atoms with E-state index in [-0.39, 0.29) is 0 Å². The lowest BCUT2D eigenvalue weighted by molar-refractivity contribution is 0.216. The fourth-order valence-electron chi connectivity index (χ4n) is 3.67. The average Bonchev–Trinajstić information content (AvgIpc) is 2.90. The normalized spacial score (nSPS) is 18.7. The van der Waals surface area contributed by atoms with Gasteiger partial charge in [-0.1, -0.05) is 44.4 Å². The highest BCUT2D eigenvalue weighted by molar-refractivity contribution is 5.40. The van der Waals surface area contributed by atoms with E-state index in [4.69, 9.17) is 4.74 Å². The van der Waals surface area contributed by atoms with Crippen LogP contribution in [-0.2, 0) is 0 Å². The van der Waals surface area contributed by atoms with Crippen molar-refractivity contribution in [2.45, 2.75) is 65.8 Å². The molecule has 2 nitrogen and oxygen atoms in total. The molecule has 1 atom stereocenters. The van der Waals surface area contributed by atoms with Crippen LogP contribution < -0.4 is 10.1 Å². The molecule has 1 aliphatic rings. The predicted octanol–water partition coefficient (Wildman–Crippen LogP) is 5.01. The molecule has 1 aliphatic carbocycles. The van der Waals surface area contributed by atoms with E-state index >= 15 is 0 Å². The van der Waals surface area contributed by atoms with Gasteiger partial charge in [0.05, 0.1) is 6.61 Å². The van der Waals surface area contributed by atoms with Crippen LogP contribution in [0.1, 0.15) is 70.0 Å². The quantitative estimate of drug-likeness (QED) is 0.761. The predicted molar refractivity (Wildman–Crippen MR) is 90.0 cm³/mol. The second-order valence-electron chi connectivity index (χ2n) is 6.72. The van der Waals surface area contributed by atoms with Crippen LogP contribution in [0.25, 0.3) is 0 Å². The van der Waals surface area contributed by atoms with Gasteiger partial charge >= 0.3 is 0 Å². The molecule has 0 bridgehead atoms. The minimum atomic E-state index is 0.356. The maximum atomic E-state index is 5.92. The molecule has 1 aromatic carbocycles. The maximum Gasteiger partial charge on any atom is 0.124 e. The highest BCUT2D eigenvalue weighted by atomic mass is 16.5. The second-order valence-corrected chi connectivity index (χ2v) is 6.72. The molecule has 1 N–H and O–H groups in total. The minimum Gasteiger partial charge on any atom is -0.494 e. The zero-order valence-corrected chi connectivity index (χ0v) is 14.2. The summed E-state index contributed by atoms with van der Waals surface area (Å²) in [5, 5.41) is 3.81. The lowest BCUT2D eigenvalue weighted by Gasteiger charge is -2.36. The van der Waals surface area contributed by atoms with Gasteiger partial charge in [0.25, 0.3) is 0 Å². The van der Waals surface area contributed by atoms with Crippen molar-refractivity contribution in [1.82, 2.24) is 5.32 Å². The second kappa shape index (κ2) is 7.31. The summed E-state index contributed by atoms with van der Waals surface area (Å²) in [6, 6.07) is 7.03. The Kier molecular flexibility index (Phi) is 5.69. The topological polar surface area (TPSA) is 21.3 Å². The lowest BCUT2D eigenvalue weighted by atomic mass is 9.76. The summed E-state index contributed by atoms with van der Waals surface area (Å²) in [6.45, 7) is 10.7. The van der Waals surface area contributed by atoms with Crippen LogP contribution in [0.2, 0.25) is 0 Å². The van der Waals surface area contributed by atoms with E-state index in [9.17, 15) is 0 Å². The fraction of sp³-hybridized carbons (Fsp3) is 0.684. The minimum absolute atomic E-state index is 0.356. The van der Waals surface area contributed by atoms with Crippen molar-refractivity contribution < 1.29 is 4.74 Å². The number of nitrogens with one attached hydrogen (secondary N) is 1. The van der Waals surface area contributed by atoms with Gasteiger partial charge in [-0.3, -0.25) is 0 Å². The molecule has 1 unspecified atom stereocenters. The molecule has 1 fully saturated rings. The van der Waals surface area contributed by atoms with Crippen molar-refractivity contribution in [3.8, 4) is 5.75 Å². The summed E-state index contributed by atoms with van der Waals surface area (Å²) in [6.07, 6.45) is 6.51. The molecule has 118 valence electrons. The largest absolute Gasteiger partial charge is 0.494 e. The molecule has 0 amide bonds. The van der Waals surface area contributed by atoms with Crippen LogP contribution in [-0.4, -0.2) is 13.2 Å². The fourth-order valence-corrected chi connectivity index (χ4v) is 3.67. The molecule has 0 aromatic heterocycles. The van der Waals surface area contributed by atoms with Crippen molar-refractivity contribution in [1.29, 1.82) is 0 Å². The third-order valence-corrected chi connectivity index (χ3v) is 4.82. The van der Waals surface area contributed by atoms with Gasteiger partial charge < -0.3 is 10.1 Å². The van der Waals surface area contributed by atoms with Crippen LogP contribution in [0.5, 0.6) is 5.75 Å². The molecule has 1 aromatic rings. The molecule has 21 heavy (non-hydrogen) atoms. The zero-order valence-electron chi connectivity index (χ0n) is 14.2. The monoisotopic (exact) mass is 289 g/mol. The maximum absolute atomic E-state index is 5.92. The van der Waals surface area contributed by atoms with E-state index in [1.54, 1.807) is 0 Å². The van der Waals surface area contributed by atoms with E-state index < -0.39 is 0 Å². The lowest BCUT2D eigenvalue weighted by Crippen LogP contribution is -2.35. The van der Waals surface area contributed by atoms with E-state index in [0.29, 0.717) is 11.5 Å². The summed E-state index contributed by atoms with van der Waals surface area (Å²) >= 11 is 0. The number of benzene rings is 1. The Bertz CT molecular complexity index is 449. The molecule has 0 spiro atoms. The van der Waals surface area contributed by atoms with E-state index in [1.807, 2.05) is 0 Å². The van der Waals surface area contributed by atoms with Crippen molar-refractivity contribution in [2.75, 3.05) is 13.2 Å². The number of rotatable bonds is 7. The summed E-state index contributed by atoms with van der Waals surface area (Å²) in [7, 11) is 0. The molecule has 0 radical (unpaired) electrons. The molecule has 0 saturated heterocycles. The van der Waals surface area contributed by atoms with Gasteiger partial charge in [-0.25, -0.2) is 0 Å². The number of ether oxygens (including phenoxy) is 1. The molecule has 1 saturated carbocycles. The van der Waals surface area contributed by atoms with Gasteiger partial charge in [0, 0.05) is 11.6 Å². The Balaban J connectivity index is 2.37. The Labute approximate surface area is 130 Å². The SMILES string of the molecule is CCCNC(c1cc(C)ccc1OCC)C1(C)CCCC1. The van der Waals surface area contributed by atoms with Crippen LogP contribution in [0.3, 0.4) is 0 Å². The number of hydrogen-bond donors (Lipinski definition) is 1. The molecule has 2 heteroatoms. The van der Waals surface area contributed by atoms with E-state index in [2.05, 4.69) is 51.2 Å². The number of hydrogen-bond acceptors (Lipinski definition) is 2. The summed E-state index contributed by atoms with van der Waals surface area (Å²) in [4.78, 5) is 0. The third kappa shape index (κ3) is 3.79. The zero-order chi connectivity index (χ0) is 15.3. The third-order valence-electron chi connectivity index (χ3n) is 4.82. The van der Waals surface area contributed by atoms with Crippen LogP contribution in [0.4, 0.5) is 0 Å². The molecule has 2 rings (SSSR count). The molecular weight excluding hydrogens is 258 g/mol. The first-order valence-electron chi connectivity index (χ1n) is 8.57. The Morgan fingerprint density at radius 2 is 1.95 bits per heavy atom. The summed E-state index contributed by atoms with van der Waals surface area (Å²) in [5.41, 5.74) is 3.03. The van der Waals surface area contributed by atoms with E-state index in [0.717, 1.165) is 18.9 Å². The van der Waals surface area contributed by atoms with Crippen molar-refractivity contribution in [3.63, 3.8) is 0 Å². The smallest absolute Gasteiger partial charge is 0.124 e. The molecular formula is C19H31NO. The van der Waals surface area contributed by atoms with Gasteiger partial charge in [0.2, 0.25) is 0 Å². The van der Waals surface area contributed by atoms with E-state index in [1.165, 1.54) is 43.2 Å². The van der Waals surface area contributed by atoms with Crippen molar-refractivity contribution >= 4 is 0 Å². The standard InChI is InChI=1S/C19H31NO/c1-5-13-20-18(19(4)11-7-8-12-19)16-14-15(3)9-10-17(16)21-6-2/h9-10,14,18,20H,5-8,11-13H2,1-4H3. The Hall–Kier alpha value is -1.02. The van der Waals surface area contributed by atoms with Crippen LogP contribution >= 0.6 is 0 Å². The van der Waals surface area contributed by atoms with Crippen LogP contribution in [0, 0.1) is 12.3 Å². The highest BCUT2D eigenvalue weighted by Crippen LogP contribution is 2.49. The van der Waals surface area contributed by atoms with Gasteiger partial charge in [-0.15, -0.1) is 0 Å². The Morgan fingerprint density at radius 1 is 1.24 bits per heavy atom. The Morgan fingerprint density at radius 3 is 2.57 bits per heavy atom. The summed E-state index contributed by atoms with van der Waals surface area (Å²) < 4.78 is 5.92. The van der Waals surface area contributed by atoms with Crippen LogP contribution in [0.15, 0.2) is 18.2 Å². The first-order chi connectivity index (χ1) is 10.1. The van der Waals surface area contributed by atoms with Gasteiger partial charge in [-0.2, -0.15) is 0 Å². The highest BCUT2D eigenvalue weighted by Gasteiger charge is 2.38. The first-order valence-corrected chi connectivity index (χ1v) is 8.57. The summed E-state index contributed by atoms with van der Waals surface area (Å²) in [5.74, 6) is 1.06. The molecule has 0 aliphatic heterocycles. The average molecular weight is 289 g/mol. The van der Waals surface area contributed by atoms with Gasteiger partial charge in [0.1, 0.15) is 5.75 Å². The molecule has 0 heterocycles. The number of aryl methyl sites for hydroxylation is 1. The first kappa shape index (κ1) is 16.4. The van der Waals surface area contributed by atoms with Gasteiger partial charge in [-0.05, 0) is 51.1 Å². The van der Waals surface area contributed by atoms with Gasteiger partial charge in [0.15, 0.2) is 0 Å². The van der Waals surface area contributed by atoms with Crippen molar-refractivity contribution in [3.05, 3.63) is 29.3 Å². The van der Waals surface area contributed by atoms with Crippen molar-refractivity contribution in [2.24, 2.45) is 5.41 Å².